The van der Waals surface area contributed by atoms with Gasteiger partial charge in [-0.15, -0.1) is 0 Å². The molecule has 0 aromatic rings. The van der Waals surface area contributed by atoms with Gasteiger partial charge in [0.1, 0.15) is 36.3 Å². The molecule has 13 nitrogen and oxygen atoms in total. The van der Waals surface area contributed by atoms with E-state index in [9.17, 15) is 14.7 Å². The van der Waals surface area contributed by atoms with Crippen LogP contribution in [0.2, 0.25) is 19.1 Å². The lowest BCUT2D eigenvalue weighted by Gasteiger charge is -2.47. The van der Waals surface area contributed by atoms with Gasteiger partial charge in [0.15, 0.2) is 14.1 Å². The Morgan fingerprint density at radius 2 is 1.57 bits per heavy atom. The molecule has 10 aliphatic rings. The largest absolute Gasteiger partial charge is 0.432 e. The molecule has 1 spiro atoms. The van der Waals surface area contributed by atoms with Crippen molar-refractivity contribution in [1.82, 2.24) is 5.32 Å². The number of hydrogen-bond acceptors (Lipinski definition) is 13. The number of carbonyl (C=O) groups is 1. The van der Waals surface area contributed by atoms with Crippen molar-refractivity contribution >= 4 is 14.1 Å². The zero-order chi connectivity index (χ0) is 40.5. The fourth-order valence-corrected chi connectivity index (χ4v) is 12.7. The fraction of sp³-hybridized carbons (Fsp3) is 0.886. The molecule has 0 aromatic carbocycles. The van der Waals surface area contributed by atoms with Gasteiger partial charge in [-0.2, -0.15) is 0 Å². The van der Waals surface area contributed by atoms with Crippen molar-refractivity contribution < 1.29 is 57.3 Å². The van der Waals surface area contributed by atoms with E-state index in [-0.39, 0.29) is 110 Å². The number of nitrogens with one attached hydrogen (secondary N) is 1. The molecule has 10 heterocycles. The Balaban J connectivity index is 0.953. The van der Waals surface area contributed by atoms with E-state index in [1.54, 1.807) is 7.11 Å². The van der Waals surface area contributed by atoms with Gasteiger partial charge in [0.2, 0.25) is 0 Å². The van der Waals surface area contributed by atoms with Crippen molar-refractivity contribution in [3.8, 4) is 0 Å². The van der Waals surface area contributed by atoms with Crippen molar-refractivity contribution in [2.24, 2.45) is 11.8 Å². The first-order valence-electron chi connectivity index (χ1n) is 22.5. The lowest BCUT2D eigenvalue weighted by Crippen LogP contribution is -2.61. The number of aliphatic hydroxyl groups is 1. The van der Waals surface area contributed by atoms with Crippen LogP contribution in [-0.2, 0) is 47.4 Å². The Hall–Kier alpha value is -1.11. The normalized spacial score (nSPS) is 48.5. The van der Waals surface area contributed by atoms with Crippen LogP contribution in [0.5, 0.6) is 0 Å². The number of hydrogen-bond donors (Lipinski definition) is 3. The first-order valence-corrected chi connectivity index (χ1v) is 25.7. The van der Waals surface area contributed by atoms with Gasteiger partial charge in [0.25, 0.3) is 0 Å². The van der Waals surface area contributed by atoms with Crippen molar-refractivity contribution in [1.29, 1.82) is 0 Å². The van der Waals surface area contributed by atoms with Gasteiger partial charge in [-0.05, 0) is 87.7 Å². The van der Waals surface area contributed by atoms with Crippen LogP contribution in [0, 0.1) is 11.8 Å². The van der Waals surface area contributed by atoms with Gasteiger partial charge in [0, 0.05) is 58.1 Å². The zero-order valence-corrected chi connectivity index (χ0v) is 36.1. The number of Topliss-reactive ketones (excluding diaryl/α,β-unsaturated/α-hetero) is 1. The number of rotatable bonds is 8. The second kappa shape index (κ2) is 16.9. The summed E-state index contributed by atoms with van der Waals surface area (Å²) in [5.41, 5.74) is 2.19. The third-order valence-electron chi connectivity index (χ3n) is 15.0. The Kier molecular flexibility index (Phi) is 12.3. The van der Waals surface area contributed by atoms with E-state index in [0.29, 0.717) is 51.2 Å². The van der Waals surface area contributed by atoms with Crippen LogP contribution in [0.4, 0.5) is 0 Å². The summed E-state index contributed by atoms with van der Waals surface area (Å²) in [6.07, 6.45) is 4.67. The highest BCUT2D eigenvalue weighted by Gasteiger charge is 2.68. The molecule has 19 atom stereocenters. The number of aliphatic hydroxyl groups excluding tert-OH is 1. The first kappa shape index (κ1) is 42.2. The lowest BCUT2D eigenvalue weighted by molar-refractivity contribution is -0.292. The first-order chi connectivity index (χ1) is 27.7. The van der Waals surface area contributed by atoms with E-state index in [0.717, 1.165) is 49.7 Å². The standard InChI is InChI=1S/C44H69NO12Si/c1-23-15-28-7-9-32-24(2)16-30(50-32)11-12-44-21-37-40(56-44)41-42(55-37)43(57-44)39-33(54-41)10-8-29(52-39)17-26(46)18-31-35(20-34(51-28)25(23)3)53-36(38(31)49-4)19-27(47)22-45-13-14-58(5,6)48/h23,27-43,45,47-48H,2-3,7-22H2,1,4-6H3/t23-,27+,28+,29-,30+,31+,32+,33+,34-,35+,36-,37-,38-,39+,40?,41+,42+,43+,44+/m1/s1. The summed E-state index contributed by atoms with van der Waals surface area (Å²) >= 11 is 0. The van der Waals surface area contributed by atoms with E-state index in [2.05, 4.69) is 25.4 Å². The molecule has 10 aliphatic heterocycles. The van der Waals surface area contributed by atoms with E-state index in [1.165, 1.54) is 0 Å². The van der Waals surface area contributed by atoms with Crippen LogP contribution < -0.4 is 5.32 Å². The molecule has 0 saturated carbocycles. The van der Waals surface area contributed by atoms with Gasteiger partial charge >= 0.3 is 0 Å². The van der Waals surface area contributed by atoms with Crippen LogP contribution in [0.1, 0.15) is 90.4 Å². The molecule has 10 rings (SSSR count). The molecule has 12 bridgehead atoms. The molecule has 10 saturated heterocycles. The Morgan fingerprint density at radius 3 is 2.38 bits per heavy atom. The Morgan fingerprint density at radius 1 is 0.828 bits per heavy atom. The van der Waals surface area contributed by atoms with Gasteiger partial charge < -0.3 is 57.9 Å². The molecule has 58 heavy (non-hydrogen) atoms. The van der Waals surface area contributed by atoms with Crippen molar-refractivity contribution in [3.63, 3.8) is 0 Å². The highest BCUT2D eigenvalue weighted by atomic mass is 28.4. The van der Waals surface area contributed by atoms with Crippen molar-refractivity contribution in [2.75, 3.05) is 20.2 Å². The second-order valence-corrected chi connectivity index (χ2v) is 24.1. The molecular formula is C44H69NO12Si. The number of ketones is 1. The minimum Gasteiger partial charge on any atom is -0.432 e. The summed E-state index contributed by atoms with van der Waals surface area (Å²) in [7, 11) is -0.514. The number of ether oxygens (including phenoxy) is 9. The van der Waals surface area contributed by atoms with Crippen LogP contribution in [0.3, 0.4) is 0 Å². The Bertz CT molecular complexity index is 1530. The molecule has 0 aliphatic carbocycles. The molecule has 326 valence electrons. The molecule has 0 radical (unpaired) electrons. The van der Waals surface area contributed by atoms with Crippen LogP contribution in [0.15, 0.2) is 24.3 Å². The topological polar surface area (TPSA) is 153 Å². The van der Waals surface area contributed by atoms with Crippen molar-refractivity contribution in [3.05, 3.63) is 24.3 Å². The third-order valence-corrected chi connectivity index (χ3v) is 16.5. The fourth-order valence-electron chi connectivity index (χ4n) is 11.9. The summed E-state index contributed by atoms with van der Waals surface area (Å²) in [4.78, 5) is 24.5. The molecule has 10 fully saturated rings. The van der Waals surface area contributed by atoms with E-state index >= 15 is 0 Å². The SMILES string of the molecule is C=C1C[C@@H]2CC[C@@]34C[C@H]5O[C@@H]6[C@@H](O3)[C@H]3O[C@H](CC[C@@H]3O[C@H]6C5O4)CC(=O)C[C@@H]3[C@@H](OC)[C@@H](C[C@H](O)CNCC[Si](C)(C)O)O[C@H]3C[C@H]3O[C@@H](CC[C@@H]1O2)C[C@@H](C)C3=C. The smallest absolute Gasteiger partial charge is 0.183 e. The predicted molar refractivity (Wildman–Crippen MR) is 215 cm³/mol. The molecule has 3 N–H and O–H groups in total. The van der Waals surface area contributed by atoms with Gasteiger partial charge in [-0.25, -0.2) is 0 Å². The average Bonchev–Trinajstić information content (AvgIpc) is 3.84. The third kappa shape index (κ3) is 8.63. The molecule has 14 heteroatoms. The lowest BCUT2D eigenvalue weighted by atomic mass is 9.81. The molecule has 0 amide bonds. The minimum absolute atomic E-state index is 0.0258. The summed E-state index contributed by atoms with van der Waals surface area (Å²) in [6.45, 7) is 16.0. The van der Waals surface area contributed by atoms with E-state index < -0.39 is 32.4 Å². The molecular weight excluding hydrogens is 763 g/mol. The second-order valence-electron chi connectivity index (χ2n) is 20.0. The van der Waals surface area contributed by atoms with Crippen LogP contribution in [0.25, 0.3) is 0 Å². The Labute approximate surface area is 345 Å². The number of fused-ring (bicyclic) bond motifs is 6. The van der Waals surface area contributed by atoms with Gasteiger partial charge in [-0.1, -0.05) is 20.1 Å². The van der Waals surface area contributed by atoms with Crippen molar-refractivity contribution in [2.45, 2.75) is 213 Å². The highest BCUT2D eigenvalue weighted by molar-refractivity contribution is 6.69. The van der Waals surface area contributed by atoms with E-state index in [1.807, 2.05) is 13.1 Å². The van der Waals surface area contributed by atoms with Crippen LogP contribution >= 0.6 is 0 Å². The zero-order valence-electron chi connectivity index (χ0n) is 35.1. The van der Waals surface area contributed by atoms with Gasteiger partial charge in [0.05, 0.1) is 67.1 Å². The summed E-state index contributed by atoms with van der Waals surface area (Å²) in [6, 6.07) is 0.706. The molecule has 1 unspecified atom stereocenters. The number of carbonyl (C=O) groups excluding carboxylic acids is 1. The maximum absolute atomic E-state index is 14.2. The van der Waals surface area contributed by atoms with Crippen LogP contribution in [-0.4, -0.2) is 148 Å². The van der Waals surface area contributed by atoms with Gasteiger partial charge in [-0.3, -0.25) is 4.79 Å². The van der Waals surface area contributed by atoms with E-state index in [4.69, 9.17) is 42.6 Å². The summed E-state index contributed by atoms with van der Waals surface area (Å²) in [5.74, 6) is -0.661. The maximum atomic E-state index is 14.2. The number of methoxy groups -OCH3 is 1. The highest BCUT2D eigenvalue weighted by Crippen LogP contribution is 2.54. The monoisotopic (exact) mass is 831 g/mol. The minimum atomic E-state index is -2.19. The quantitative estimate of drug-likeness (QED) is 0.182. The summed E-state index contributed by atoms with van der Waals surface area (Å²) in [5, 5.41) is 14.5. The average molecular weight is 832 g/mol. The predicted octanol–water partition coefficient (Wildman–Crippen LogP) is 4.27. The summed E-state index contributed by atoms with van der Waals surface area (Å²) < 4.78 is 60.5. The maximum Gasteiger partial charge on any atom is 0.183 e. The molecule has 0 aromatic heterocycles.